The van der Waals surface area contributed by atoms with E-state index in [4.69, 9.17) is 9.84 Å². The average molecular weight is 312 g/mol. The predicted octanol–water partition coefficient (Wildman–Crippen LogP) is 5.34. The maximum Gasteiger partial charge on any atom is 0.119 e. The number of benzene rings is 2. The average Bonchev–Trinajstić information content (AvgIpc) is 2.58. The maximum absolute atomic E-state index is 8.71. The third-order valence-electron chi connectivity index (χ3n) is 3.47. The van der Waals surface area contributed by atoms with Gasteiger partial charge in [0.2, 0.25) is 0 Å². The zero-order valence-corrected chi connectivity index (χ0v) is 13.6. The zero-order chi connectivity index (χ0) is 16.3. The molecular weight excluding hydrogens is 288 g/mol. The van der Waals surface area contributed by atoms with E-state index in [0.717, 1.165) is 42.8 Å². The molecule has 0 aliphatic carbocycles. The largest absolute Gasteiger partial charge is 0.494 e. The molecule has 0 bridgehead atoms. The van der Waals surface area contributed by atoms with Crippen molar-refractivity contribution < 1.29 is 9.84 Å². The molecule has 0 spiro atoms. The minimum Gasteiger partial charge on any atom is -0.494 e. The van der Waals surface area contributed by atoms with Gasteiger partial charge >= 0.3 is 0 Å². The summed E-state index contributed by atoms with van der Waals surface area (Å²) in [6.07, 6.45) is 4.02. The van der Waals surface area contributed by atoms with Gasteiger partial charge in [0.05, 0.1) is 18.0 Å². The molecule has 0 saturated heterocycles. The molecule has 0 aliphatic heterocycles. The first-order chi connectivity index (χ1) is 11.3. The SMILES string of the molecule is Cc1ccc(N=Nc2ccc(OCCCCCCO)cc2)cc1. The highest BCUT2D eigenvalue weighted by Crippen LogP contribution is 2.21. The van der Waals surface area contributed by atoms with Gasteiger partial charge in [-0.05, 0) is 62.6 Å². The Bertz CT molecular complexity index is 592. The van der Waals surface area contributed by atoms with Gasteiger partial charge in [0.1, 0.15) is 5.75 Å². The number of rotatable bonds is 9. The quantitative estimate of drug-likeness (QED) is 0.502. The second-order valence-electron chi connectivity index (χ2n) is 5.52. The Morgan fingerprint density at radius 2 is 1.35 bits per heavy atom. The van der Waals surface area contributed by atoms with Crippen LogP contribution in [0.3, 0.4) is 0 Å². The summed E-state index contributed by atoms with van der Waals surface area (Å²) in [7, 11) is 0. The van der Waals surface area contributed by atoms with E-state index >= 15 is 0 Å². The lowest BCUT2D eigenvalue weighted by Crippen LogP contribution is -1.97. The van der Waals surface area contributed by atoms with Crippen LogP contribution in [0.5, 0.6) is 5.75 Å². The van der Waals surface area contributed by atoms with Crippen molar-refractivity contribution >= 4 is 11.4 Å². The van der Waals surface area contributed by atoms with Crippen molar-refractivity contribution in [1.29, 1.82) is 0 Å². The van der Waals surface area contributed by atoms with Crippen LogP contribution in [-0.2, 0) is 0 Å². The molecule has 2 aromatic carbocycles. The Labute approximate surface area is 137 Å². The second-order valence-corrected chi connectivity index (χ2v) is 5.52. The van der Waals surface area contributed by atoms with E-state index in [9.17, 15) is 0 Å². The summed E-state index contributed by atoms with van der Waals surface area (Å²) in [4.78, 5) is 0. The molecule has 0 aliphatic rings. The summed E-state index contributed by atoms with van der Waals surface area (Å²) in [6, 6.07) is 15.6. The fourth-order valence-corrected chi connectivity index (χ4v) is 2.09. The van der Waals surface area contributed by atoms with Gasteiger partial charge in [0.15, 0.2) is 0 Å². The molecule has 1 N–H and O–H groups in total. The van der Waals surface area contributed by atoms with Crippen LogP contribution < -0.4 is 4.74 Å². The number of nitrogens with zero attached hydrogens (tertiary/aromatic N) is 2. The topological polar surface area (TPSA) is 54.2 Å². The predicted molar refractivity (Wildman–Crippen MR) is 92.8 cm³/mol. The first-order valence-electron chi connectivity index (χ1n) is 8.10. The van der Waals surface area contributed by atoms with Crippen molar-refractivity contribution in [2.45, 2.75) is 32.6 Å². The van der Waals surface area contributed by atoms with Gasteiger partial charge in [0, 0.05) is 6.61 Å². The fraction of sp³-hybridized carbons (Fsp3) is 0.368. The summed E-state index contributed by atoms with van der Waals surface area (Å²) in [5, 5.41) is 17.1. The molecule has 23 heavy (non-hydrogen) atoms. The molecule has 0 fully saturated rings. The lowest BCUT2D eigenvalue weighted by molar-refractivity contribution is 0.273. The van der Waals surface area contributed by atoms with Crippen molar-refractivity contribution in [1.82, 2.24) is 0 Å². The van der Waals surface area contributed by atoms with Gasteiger partial charge in [-0.25, -0.2) is 0 Å². The van der Waals surface area contributed by atoms with E-state index in [2.05, 4.69) is 10.2 Å². The Kier molecular flexibility index (Phi) is 7.27. The van der Waals surface area contributed by atoms with E-state index in [1.165, 1.54) is 5.56 Å². The molecule has 122 valence electrons. The molecule has 2 rings (SSSR count). The molecule has 0 amide bonds. The molecule has 0 saturated carbocycles. The van der Waals surface area contributed by atoms with Crippen LogP contribution in [-0.4, -0.2) is 18.3 Å². The van der Waals surface area contributed by atoms with Crippen LogP contribution >= 0.6 is 0 Å². The van der Waals surface area contributed by atoms with Crippen LogP contribution in [0.1, 0.15) is 31.2 Å². The Balaban J connectivity index is 1.76. The molecule has 4 nitrogen and oxygen atoms in total. The molecule has 0 aromatic heterocycles. The van der Waals surface area contributed by atoms with Crippen LogP contribution in [0.25, 0.3) is 0 Å². The Hall–Kier alpha value is -2.20. The Morgan fingerprint density at radius 3 is 1.96 bits per heavy atom. The minimum absolute atomic E-state index is 0.277. The lowest BCUT2D eigenvalue weighted by atomic mass is 10.2. The molecular formula is C19H24N2O2. The summed E-state index contributed by atoms with van der Waals surface area (Å²) in [5.41, 5.74) is 2.86. The van der Waals surface area contributed by atoms with Gasteiger partial charge in [-0.1, -0.05) is 24.1 Å². The Morgan fingerprint density at radius 1 is 0.783 bits per heavy atom. The maximum atomic E-state index is 8.71. The van der Waals surface area contributed by atoms with Crippen molar-refractivity contribution in [3.05, 3.63) is 54.1 Å². The zero-order valence-electron chi connectivity index (χ0n) is 13.6. The third kappa shape index (κ3) is 6.61. The van der Waals surface area contributed by atoms with Crippen molar-refractivity contribution in [3.63, 3.8) is 0 Å². The molecule has 0 heterocycles. The molecule has 0 atom stereocenters. The summed E-state index contributed by atoms with van der Waals surface area (Å²) in [6.45, 7) is 3.03. The third-order valence-corrected chi connectivity index (χ3v) is 3.47. The van der Waals surface area contributed by atoms with Gasteiger partial charge in [0.25, 0.3) is 0 Å². The first kappa shape index (κ1) is 17.2. The van der Waals surface area contributed by atoms with E-state index in [1.54, 1.807) is 0 Å². The minimum atomic E-state index is 0.277. The van der Waals surface area contributed by atoms with E-state index in [0.29, 0.717) is 6.61 Å². The van der Waals surface area contributed by atoms with Crippen molar-refractivity contribution in [2.75, 3.05) is 13.2 Å². The summed E-state index contributed by atoms with van der Waals surface area (Å²) < 4.78 is 5.68. The van der Waals surface area contributed by atoms with Crippen molar-refractivity contribution in [2.24, 2.45) is 10.2 Å². The van der Waals surface area contributed by atoms with Gasteiger partial charge < -0.3 is 9.84 Å². The molecule has 4 heteroatoms. The van der Waals surface area contributed by atoms with Gasteiger partial charge in [-0.2, -0.15) is 10.2 Å². The number of hydrogen-bond donors (Lipinski definition) is 1. The number of aliphatic hydroxyl groups excluding tert-OH is 1. The van der Waals surface area contributed by atoms with Crippen LogP contribution in [0, 0.1) is 6.92 Å². The molecule has 2 aromatic rings. The van der Waals surface area contributed by atoms with Gasteiger partial charge in [-0.3, -0.25) is 0 Å². The van der Waals surface area contributed by atoms with Crippen LogP contribution in [0.15, 0.2) is 58.8 Å². The number of azo groups is 1. The molecule has 0 radical (unpaired) electrons. The highest BCUT2D eigenvalue weighted by atomic mass is 16.5. The van der Waals surface area contributed by atoms with Crippen molar-refractivity contribution in [3.8, 4) is 5.75 Å². The standard InChI is InChI=1S/C19H24N2O2/c1-16-6-8-17(9-7-16)20-21-18-10-12-19(13-11-18)23-15-5-3-2-4-14-22/h6-13,22H,2-5,14-15H2,1H3. The fourth-order valence-electron chi connectivity index (χ4n) is 2.09. The van der Waals surface area contributed by atoms with E-state index < -0.39 is 0 Å². The second kappa shape index (κ2) is 9.74. The monoisotopic (exact) mass is 312 g/mol. The smallest absolute Gasteiger partial charge is 0.119 e. The van der Waals surface area contributed by atoms with Crippen LogP contribution in [0.2, 0.25) is 0 Å². The number of hydrogen-bond acceptors (Lipinski definition) is 4. The van der Waals surface area contributed by atoms with E-state index in [1.807, 2.05) is 55.5 Å². The van der Waals surface area contributed by atoms with E-state index in [-0.39, 0.29) is 6.61 Å². The molecule has 0 unspecified atom stereocenters. The highest BCUT2D eigenvalue weighted by molar-refractivity contribution is 5.43. The summed E-state index contributed by atoms with van der Waals surface area (Å²) >= 11 is 0. The first-order valence-corrected chi connectivity index (χ1v) is 8.10. The highest BCUT2D eigenvalue weighted by Gasteiger charge is 1.96. The number of unbranched alkanes of at least 4 members (excludes halogenated alkanes) is 3. The van der Waals surface area contributed by atoms with Crippen LogP contribution in [0.4, 0.5) is 11.4 Å². The summed E-state index contributed by atoms with van der Waals surface area (Å²) in [5.74, 6) is 0.849. The number of aryl methyl sites for hydroxylation is 1. The number of aliphatic hydroxyl groups is 1. The van der Waals surface area contributed by atoms with Gasteiger partial charge in [-0.15, -0.1) is 0 Å². The normalized spacial score (nSPS) is 11.0. The number of ether oxygens (including phenoxy) is 1. The lowest BCUT2D eigenvalue weighted by Gasteiger charge is -2.05.